The number of guanidine groups is 1. The van der Waals surface area contributed by atoms with E-state index in [9.17, 15) is 5.11 Å². The highest BCUT2D eigenvalue weighted by molar-refractivity contribution is 5.91. The summed E-state index contributed by atoms with van der Waals surface area (Å²) >= 11 is 0. The fourth-order valence-corrected chi connectivity index (χ4v) is 2.36. The van der Waals surface area contributed by atoms with Crippen molar-refractivity contribution in [2.45, 2.75) is 52.4 Å². The molecule has 2 aromatic rings. The van der Waals surface area contributed by atoms with Crippen LogP contribution in [0, 0.1) is 0 Å². The monoisotopic (exact) mass is 357 g/mol. The van der Waals surface area contributed by atoms with Crippen LogP contribution in [0.5, 0.6) is 5.88 Å². The molecular weight excluding hydrogens is 330 g/mol. The number of rotatable bonds is 9. The van der Waals surface area contributed by atoms with E-state index in [0.717, 1.165) is 43.5 Å². The van der Waals surface area contributed by atoms with Crippen LogP contribution >= 0.6 is 0 Å². The lowest BCUT2D eigenvalue weighted by Gasteiger charge is -2.06. The van der Waals surface area contributed by atoms with Crippen molar-refractivity contribution in [3.63, 3.8) is 0 Å². The number of aliphatic imine (C=N–C) groups is 1. The first-order valence-electron chi connectivity index (χ1n) is 9.05. The second-order valence-corrected chi connectivity index (χ2v) is 5.95. The maximum atomic E-state index is 9.78. The average Bonchev–Trinajstić information content (AvgIpc) is 2.64. The quantitative estimate of drug-likeness (QED) is 0.357. The molecule has 2 rings (SSSR count). The van der Waals surface area contributed by atoms with E-state index in [-0.39, 0.29) is 5.88 Å². The van der Waals surface area contributed by atoms with Gasteiger partial charge in [0.1, 0.15) is 17.5 Å². The molecule has 26 heavy (non-hydrogen) atoms. The summed E-state index contributed by atoms with van der Waals surface area (Å²) in [4.78, 5) is 21.3. The highest BCUT2D eigenvalue weighted by Gasteiger charge is 2.05. The Morgan fingerprint density at radius 2 is 1.88 bits per heavy atom. The summed E-state index contributed by atoms with van der Waals surface area (Å²) in [6.07, 6.45) is 8.34. The van der Waals surface area contributed by atoms with Gasteiger partial charge in [-0.15, -0.1) is 0 Å². The van der Waals surface area contributed by atoms with Crippen molar-refractivity contribution in [2.24, 2.45) is 10.7 Å². The number of hydrogen-bond donors (Lipinski definition) is 3. The Balaban J connectivity index is 1.80. The topological polar surface area (TPSA) is 122 Å². The molecule has 0 aliphatic carbocycles. The van der Waals surface area contributed by atoms with Crippen molar-refractivity contribution in [3.8, 4) is 5.88 Å². The molecule has 8 heteroatoms. The molecule has 2 heterocycles. The lowest BCUT2D eigenvalue weighted by Crippen LogP contribution is -2.23. The summed E-state index contributed by atoms with van der Waals surface area (Å²) in [5.41, 5.74) is 6.58. The Morgan fingerprint density at radius 1 is 1.15 bits per heavy atom. The van der Waals surface area contributed by atoms with E-state index >= 15 is 0 Å². The molecule has 0 aliphatic heterocycles. The second-order valence-electron chi connectivity index (χ2n) is 5.95. The van der Waals surface area contributed by atoms with Crippen molar-refractivity contribution in [3.05, 3.63) is 35.7 Å². The highest BCUT2D eigenvalue weighted by Crippen LogP contribution is 2.14. The van der Waals surface area contributed by atoms with Crippen LogP contribution in [0.15, 0.2) is 23.5 Å². The second kappa shape index (κ2) is 10.3. The van der Waals surface area contributed by atoms with Crippen LogP contribution in [0.3, 0.4) is 0 Å². The molecule has 140 valence electrons. The summed E-state index contributed by atoms with van der Waals surface area (Å²) in [7, 11) is 0. The van der Waals surface area contributed by atoms with E-state index in [1.54, 1.807) is 18.5 Å². The number of aromatic nitrogens is 4. The number of nitrogens with two attached hydrogens (primary N) is 1. The summed E-state index contributed by atoms with van der Waals surface area (Å²) in [6, 6.07) is 1.77. The van der Waals surface area contributed by atoms with Gasteiger partial charge < -0.3 is 16.2 Å². The normalized spacial score (nSPS) is 11.5. The first-order chi connectivity index (χ1) is 12.6. The van der Waals surface area contributed by atoms with Gasteiger partial charge in [-0.2, -0.15) is 4.98 Å². The summed E-state index contributed by atoms with van der Waals surface area (Å²) in [5.74, 6) is 2.51. The molecular formula is C18H27N7O. The summed E-state index contributed by atoms with van der Waals surface area (Å²) in [6.45, 7) is 4.70. The zero-order chi connectivity index (χ0) is 18.8. The molecule has 0 spiro atoms. The minimum atomic E-state index is 0.0851. The fraction of sp³-hybridized carbons (Fsp3) is 0.500. The predicted molar refractivity (Wildman–Crippen MR) is 102 cm³/mol. The van der Waals surface area contributed by atoms with Crippen LogP contribution in [0.4, 0.5) is 5.82 Å². The van der Waals surface area contributed by atoms with Crippen molar-refractivity contribution in [2.75, 3.05) is 11.9 Å². The molecule has 0 aliphatic rings. The molecule has 0 fully saturated rings. The maximum absolute atomic E-state index is 9.78. The Bertz CT molecular complexity index is 733. The molecule has 0 unspecified atom stereocenters. The number of hydrogen-bond acceptors (Lipinski definition) is 6. The number of aromatic hydroxyl groups is 1. The number of unbranched alkanes of at least 4 members (excludes halogenated alkanes) is 1. The SMILES string of the molecule is CCCN=C(N)Nc1ccnc(CCCCc2ncc(CC)c(O)n2)n1. The van der Waals surface area contributed by atoms with E-state index in [4.69, 9.17) is 5.73 Å². The molecule has 2 aromatic heterocycles. The van der Waals surface area contributed by atoms with E-state index in [1.807, 2.05) is 13.8 Å². The van der Waals surface area contributed by atoms with Gasteiger partial charge in [0.2, 0.25) is 5.88 Å². The maximum Gasteiger partial charge on any atom is 0.217 e. The third kappa shape index (κ3) is 6.27. The van der Waals surface area contributed by atoms with Crippen LogP contribution in [-0.2, 0) is 19.3 Å². The number of anilines is 1. The lowest BCUT2D eigenvalue weighted by molar-refractivity contribution is 0.441. The van der Waals surface area contributed by atoms with Crippen LogP contribution in [0.2, 0.25) is 0 Å². The minimum absolute atomic E-state index is 0.0851. The average molecular weight is 357 g/mol. The van der Waals surface area contributed by atoms with Gasteiger partial charge in [0, 0.05) is 37.3 Å². The van der Waals surface area contributed by atoms with Crippen LogP contribution < -0.4 is 11.1 Å². The third-order valence-corrected chi connectivity index (χ3v) is 3.79. The van der Waals surface area contributed by atoms with Gasteiger partial charge in [-0.05, 0) is 31.7 Å². The predicted octanol–water partition coefficient (Wildman–Crippen LogP) is 2.24. The first-order valence-corrected chi connectivity index (χ1v) is 9.05. The minimum Gasteiger partial charge on any atom is -0.493 e. The zero-order valence-corrected chi connectivity index (χ0v) is 15.4. The molecule has 0 saturated heterocycles. The highest BCUT2D eigenvalue weighted by atomic mass is 16.3. The molecule has 4 N–H and O–H groups in total. The van der Waals surface area contributed by atoms with E-state index in [0.29, 0.717) is 30.6 Å². The van der Waals surface area contributed by atoms with Crippen molar-refractivity contribution < 1.29 is 5.11 Å². The lowest BCUT2D eigenvalue weighted by atomic mass is 10.1. The van der Waals surface area contributed by atoms with Crippen LogP contribution in [-0.4, -0.2) is 37.5 Å². The zero-order valence-electron chi connectivity index (χ0n) is 15.4. The summed E-state index contributed by atoms with van der Waals surface area (Å²) < 4.78 is 0. The van der Waals surface area contributed by atoms with Gasteiger partial charge in [0.05, 0.1) is 0 Å². The molecule has 0 radical (unpaired) electrons. The molecule has 0 saturated carbocycles. The Labute approximate surface area is 154 Å². The van der Waals surface area contributed by atoms with Crippen LogP contribution in [0.1, 0.15) is 50.3 Å². The molecule has 0 atom stereocenters. The largest absolute Gasteiger partial charge is 0.493 e. The van der Waals surface area contributed by atoms with E-state index in [2.05, 4.69) is 30.2 Å². The van der Waals surface area contributed by atoms with Gasteiger partial charge in [0.25, 0.3) is 0 Å². The van der Waals surface area contributed by atoms with Crippen molar-refractivity contribution >= 4 is 11.8 Å². The Hall–Kier alpha value is -2.77. The Kier molecular flexibility index (Phi) is 7.73. The molecule has 8 nitrogen and oxygen atoms in total. The first kappa shape index (κ1) is 19.6. The van der Waals surface area contributed by atoms with Gasteiger partial charge in [-0.3, -0.25) is 4.99 Å². The van der Waals surface area contributed by atoms with Crippen molar-refractivity contribution in [1.29, 1.82) is 0 Å². The van der Waals surface area contributed by atoms with Crippen LogP contribution in [0.25, 0.3) is 0 Å². The fourth-order valence-electron chi connectivity index (χ4n) is 2.36. The van der Waals surface area contributed by atoms with Gasteiger partial charge in [0.15, 0.2) is 5.96 Å². The van der Waals surface area contributed by atoms with E-state index in [1.165, 1.54) is 0 Å². The van der Waals surface area contributed by atoms with Crippen molar-refractivity contribution in [1.82, 2.24) is 19.9 Å². The van der Waals surface area contributed by atoms with Gasteiger partial charge in [-0.1, -0.05) is 13.8 Å². The molecule has 0 amide bonds. The molecule has 0 bridgehead atoms. The Morgan fingerprint density at radius 3 is 2.54 bits per heavy atom. The third-order valence-electron chi connectivity index (χ3n) is 3.79. The molecule has 0 aromatic carbocycles. The van der Waals surface area contributed by atoms with E-state index < -0.39 is 0 Å². The number of aryl methyl sites for hydroxylation is 3. The van der Waals surface area contributed by atoms with Gasteiger partial charge >= 0.3 is 0 Å². The van der Waals surface area contributed by atoms with Gasteiger partial charge in [-0.25, -0.2) is 15.0 Å². The number of nitrogens with one attached hydrogen (secondary N) is 1. The number of nitrogens with zero attached hydrogens (tertiary/aromatic N) is 5. The summed E-state index contributed by atoms with van der Waals surface area (Å²) in [5, 5.41) is 12.8. The smallest absolute Gasteiger partial charge is 0.217 e. The standard InChI is InChI=1S/C18H27N7O/c1-3-10-21-18(19)25-16-9-11-20-14(23-16)7-5-6-8-15-22-12-13(4-2)17(26)24-15/h9,11-12H,3-8,10H2,1-2H3,(H,22,24,26)(H3,19,20,21,23,25).